The topological polar surface area (TPSA) is 27.8 Å². The second-order valence-electron chi connectivity index (χ2n) is 4.43. The lowest BCUT2D eigenvalue weighted by Gasteiger charge is -2.23. The van der Waals surface area contributed by atoms with Gasteiger partial charge in [0.2, 0.25) is 0 Å². The number of H-pyrrole nitrogens is 1. The lowest BCUT2D eigenvalue weighted by atomic mass is 9.88. The molecule has 0 radical (unpaired) electrons. The van der Waals surface area contributed by atoms with Crippen LogP contribution < -0.4 is 5.32 Å². The third-order valence-corrected chi connectivity index (χ3v) is 3.77. The quantitative estimate of drug-likeness (QED) is 0.779. The average Bonchev–Trinajstić information content (AvgIpc) is 2.73. The maximum atomic E-state index is 6.25. The Balaban J connectivity index is 2.10. The van der Waals surface area contributed by atoms with E-state index in [-0.39, 0.29) is 0 Å². The molecule has 3 rings (SSSR count). The fraction of sp³-hybridized carbons (Fsp3) is 0.385. The number of benzene rings is 1. The lowest BCUT2D eigenvalue weighted by molar-refractivity contribution is 0.462. The van der Waals surface area contributed by atoms with Crippen LogP contribution >= 0.6 is 11.6 Å². The minimum Gasteiger partial charge on any atom is -0.360 e. The van der Waals surface area contributed by atoms with Crippen molar-refractivity contribution in [3.63, 3.8) is 0 Å². The van der Waals surface area contributed by atoms with Crippen LogP contribution in [0.25, 0.3) is 10.9 Å². The molecule has 0 saturated carbocycles. The summed E-state index contributed by atoms with van der Waals surface area (Å²) in [5.41, 5.74) is 2.56. The number of fused-ring (bicyclic) bond motifs is 1. The normalized spacial score (nSPS) is 18.1. The standard InChI is InChI=1S/C13H15ClN2/c14-11-8-16-12-3-1-2-10(13(11)12)9-4-6-15-7-5-9/h1-3,8-9,15-16H,4-7H2. The Labute approximate surface area is 100.0 Å². The van der Waals surface area contributed by atoms with Crippen molar-refractivity contribution in [2.24, 2.45) is 0 Å². The molecule has 2 heterocycles. The maximum absolute atomic E-state index is 6.25. The van der Waals surface area contributed by atoms with E-state index >= 15 is 0 Å². The van der Waals surface area contributed by atoms with Gasteiger partial charge in [0.25, 0.3) is 0 Å². The third-order valence-electron chi connectivity index (χ3n) is 3.47. The molecule has 0 atom stereocenters. The van der Waals surface area contributed by atoms with Gasteiger partial charge in [-0.15, -0.1) is 0 Å². The summed E-state index contributed by atoms with van der Waals surface area (Å²) in [7, 11) is 0. The lowest BCUT2D eigenvalue weighted by Crippen LogP contribution is -2.26. The molecule has 2 aromatic rings. The van der Waals surface area contributed by atoms with Gasteiger partial charge in [-0.05, 0) is 43.5 Å². The molecule has 2 N–H and O–H groups in total. The highest BCUT2D eigenvalue weighted by Gasteiger charge is 2.18. The fourth-order valence-corrected chi connectivity index (χ4v) is 2.91. The number of piperidine rings is 1. The Morgan fingerprint density at radius 3 is 2.81 bits per heavy atom. The van der Waals surface area contributed by atoms with Crippen LogP contribution in [0.3, 0.4) is 0 Å². The van der Waals surface area contributed by atoms with Gasteiger partial charge < -0.3 is 10.3 Å². The predicted octanol–water partition coefficient (Wildman–Crippen LogP) is 3.29. The van der Waals surface area contributed by atoms with Gasteiger partial charge in [0.05, 0.1) is 5.02 Å². The summed E-state index contributed by atoms with van der Waals surface area (Å²) in [6.45, 7) is 2.23. The smallest absolute Gasteiger partial charge is 0.0662 e. The van der Waals surface area contributed by atoms with E-state index in [1.54, 1.807) is 0 Å². The predicted molar refractivity (Wildman–Crippen MR) is 68.2 cm³/mol. The van der Waals surface area contributed by atoms with Gasteiger partial charge in [-0.25, -0.2) is 0 Å². The summed E-state index contributed by atoms with van der Waals surface area (Å²) in [5, 5.41) is 5.47. The van der Waals surface area contributed by atoms with E-state index < -0.39 is 0 Å². The molecule has 1 saturated heterocycles. The molecule has 1 fully saturated rings. The molecule has 0 bridgehead atoms. The number of halogens is 1. The van der Waals surface area contributed by atoms with Gasteiger partial charge in [-0.3, -0.25) is 0 Å². The van der Waals surface area contributed by atoms with Crippen molar-refractivity contribution in [3.8, 4) is 0 Å². The first-order valence-electron chi connectivity index (χ1n) is 5.82. The number of aromatic nitrogens is 1. The third kappa shape index (κ3) is 1.62. The zero-order valence-electron chi connectivity index (χ0n) is 9.09. The Kier molecular flexibility index (Phi) is 2.62. The van der Waals surface area contributed by atoms with Crippen molar-refractivity contribution >= 4 is 22.5 Å². The van der Waals surface area contributed by atoms with Gasteiger partial charge in [0.1, 0.15) is 0 Å². The molecule has 3 heteroatoms. The van der Waals surface area contributed by atoms with Crippen LogP contribution in [0.4, 0.5) is 0 Å². The zero-order chi connectivity index (χ0) is 11.0. The number of aromatic amines is 1. The first-order chi connectivity index (χ1) is 7.86. The molecule has 2 nitrogen and oxygen atoms in total. The van der Waals surface area contributed by atoms with Gasteiger partial charge in [-0.1, -0.05) is 23.7 Å². The fourth-order valence-electron chi connectivity index (χ4n) is 2.64. The summed E-state index contributed by atoms with van der Waals surface area (Å²) >= 11 is 6.25. The SMILES string of the molecule is Clc1c[nH]c2cccc(C3CCNCC3)c12. The van der Waals surface area contributed by atoms with Gasteiger partial charge in [-0.2, -0.15) is 0 Å². The molecule has 0 amide bonds. The minimum atomic E-state index is 0.651. The first kappa shape index (κ1) is 10.2. The molecular formula is C13H15ClN2. The number of hydrogen-bond acceptors (Lipinski definition) is 1. The van der Waals surface area contributed by atoms with E-state index in [0.29, 0.717) is 5.92 Å². The number of hydrogen-bond donors (Lipinski definition) is 2. The summed E-state index contributed by atoms with van der Waals surface area (Å²) < 4.78 is 0. The molecule has 0 spiro atoms. The molecule has 1 aliphatic heterocycles. The second kappa shape index (κ2) is 4.11. The van der Waals surface area contributed by atoms with Crippen molar-refractivity contribution in [1.82, 2.24) is 10.3 Å². The average molecular weight is 235 g/mol. The van der Waals surface area contributed by atoms with Gasteiger partial charge in [0, 0.05) is 17.1 Å². The molecular weight excluding hydrogens is 220 g/mol. The minimum absolute atomic E-state index is 0.651. The maximum Gasteiger partial charge on any atom is 0.0662 e. The zero-order valence-corrected chi connectivity index (χ0v) is 9.85. The summed E-state index contributed by atoms with van der Waals surface area (Å²) in [4.78, 5) is 3.22. The number of nitrogens with one attached hydrogen (secondary N) is 2. The molecule has 1 aromatic heterocycles. The van der Waals surface area contributed by atoms with Crippen molar-refractivity contribution in [3.05, 3.63) is 35.0 Å². The second-order valence-corrected chi connectivity index (χ2v) is 4.84. The number of rotatable bonds is 1. The van der Waals surface area contributed by atoms with Crippen LogP contribution in [0.1, 0.15) is 24.3 Å². The van der Waals surface area contributed by atoms with E-state index in [1.165, 1.54) is 23.8 Å². The largest absolute Gasteiger partial charge is 0.360 e. The highest BCUT2D eigenvalue weighted by Crippen LogP contribution is 2.34. The first-order valence-corrected chi connectivity index (χ1v) is 6.20. The summed E-state index contributed by atoms with van der Waals surface area (Å²) in [6.07, 6.45) is 4.30. The van der Waals surface area contributed by atoms with Crippen LogP contribution in [-0.2, 0) is 0 Å². The highest BCUT2D eigenvalue weighted by molar-refractivity contribution is 6.35. The molecule has 1 aromatic carbocycles. The monoisotopic (exact) mass is 234 g/mol. The summed E-state index contributed by atoms with van der Waals surface area (Å²) in [5.74, 6) is 0.651. The Bertz CT molecular complexity index is 498. The van der Waals surface area contributed by atoms with Crippen molar-refractivity contribution in [2.75, 3.05) is 13.1 Å². The van der Waals surface area contributed by atoms with Crippen LogP contribution in [0.15, 0.2) is 24.4 Å². The van der Waals surface area contributed by atoms with E-state index in [4.69, 9.17) is 11.6 Å². The highest BCUT2D eigenvalue weighted by atomic mass is 35.5. The Morgan fingerprint density at radius 1 is 1.19 bits per heavy atom. The van der Waals surface area contributed by atoms with Crippen LogP contribution in [0.5, 0.6) is 0 Å². The van der Waals surface area contributed by atoms with Crippen LogP contribution in [-0.4, -0.2) is 18.1 Å². The molecule has 1 aliphatic rings. The molecule has 0 aliphatic carbocycles. The summed E-state index contributed by atoms with van der Waals surface area (Å²) in [6, 6.07) is 6.43. The van der Waals surface area contributed by atoms with E-state index in [1.807, 2.05) is 6.20 Å². The van der Waals surface area contributed by atoms with Crippen molar-refractivity contribution < 1.29 is 0 Å². The molecule has 0 unspecified atom stereocenters. The van der Waals surface area contributed by atoms with Crippen LogP contribution in [0.2, 0.25) is 5.02 Å². The Hall–Kier alpha value is -0.990. The van der Waals surface area contributed by atoms with E-state index in [2.05, 4.69) is 28.5 Å². The van der Waals surface area contributed by atoms with Crippen molar-refractivity contribution in [2.45, 2.75) is 18.8 Å². The van der Waals surface area contributed by atoms with Crippen molar-refractivity contribution in [1.29, 1.82) is 0 Å². The molecule has 84 valence electrons. The molecule has 16 heavy (non-hydrogen) atoms. The van der Waals surface area contributed by atoms with E-state index in [0.717, 1.165) is 23.6 Å². The Morgan fingerprint density at radius 2 is 2.00 bits per heavy atom. The van der Waals surface area contributed by atoms with Crippen LogP contribution in [0, 0.1) is 0 Å². The van der Waals surface area contributed by atoms with Gasteiger partial charge >= 0.3 is 0 Å². The van der Waals surface area contributed by atoms with E-state index in [9.17, 15) is 0 Å². The van der Waals surface area contributed by atoms with Gasteiger partial charge in [0.15, 0.2) is 0 Å².